The first-order valence-corrected chi connectivity index (χ1v) is 16.7. The average Bonchev–Trinajstić information content (AvgIpc) is 3.74. The van der Waals surface area contributed by atoms with E-state index >= 15 is 0 Å². The summed E-state index contributed by atoms with van der Waals surface area (Å²) in [7, 11) is 0. The van der Waals surface area contributed by atoms with Crippen molar-refractivity contribution in [3.05, 3.63) is 69.1 Å². The van der Waals surface area contributed by atoms with Crippen LogP contribution in [0.2, 0.25) is 5.02 Å². The van der Waals surface area contributed by atoms with Crippen LogP contribution in [0.3, 0.4) is 0 Å². The maximum Gasteiger partial charge on any atom is 0.343 e. The number of aromatic nitrogens is 3. The highest BCUT2D eigenvalue weighted by Gasteiger charge is 2.34. The fourth-order valence-electron chi connectivity index (χ4n) is 7.30. The molecule has 10 nitrogen and oxygen atoms in total. The lowest BCUT2D eigenvalue weighted by Gasteiger charge is -2.38. The Morgan fingerprint density at radius 3 is 2.27 bits per heavy atom. The van der Waals surface area contributed by atoms with E-state index in [0.717, 1.165) is 55.7 Å². The third kappa shape index (κ3) is 7.12. The molecule has 6 rings (SSSR count). The number of nitrogens with zero attached hydrogens (tertiary/aromatic N) is 5. The standard InChI is InChI=1S/C34H44ClN7O3/c1-23-19-24(21-29(35)31(23)36)20-26(33(44)41-17-9-27(10-18-41)39-13-5-6-14-39)22-30(43)40-15-11-28(12-16-40)42-34(45)37-32(38-42)25-7-3-2-4-8-25/h2-4,7-8,19,21,26-28H,5-6,9-18,20,22,36H2,1H3,(H,37,38,45)/t26-/m0/s1. The van der Waals surface area contributed by atoms with Gasteiger partial charge in [-0.25, -0.2) is 9.48 Å². The number of halogens is 1. The summed E-state index contributed by atoms with van der Waals surface area (Å²) < 4.78 is 1.52. The molecule has 4 heterocycles. The molecule has 11 heteroatoms. The molecule has 3 fully saturated rings. The quantitative estimate of drug-likeness (QED) is 0.357. The van der Waals surface area contributed by atoms with E-state index in [9.17, 15) is 14.4 Å². The van der Waals surface area contributed by atoms with Gasteiger partial charge in [-0.3, -0.25) is 14.6 Å². The summed E-state index contributed by atoms with van der Waals surface area (Å²) >= 11 is 6.42. The molecular weight excluding hydrogens is 590 g/mol. The Kier molecular flexibility index (Phi) is 9.61. The maximum atomic E-state index is 14.0. The van der Waals surface area contributed by atoms with Crippen LogP contribution >= 0.6 is 11.6 Å². The van der Waals surface area contributed by atoms with Crippen molar-refractivity contribution in [3.8, 4) is 11.4 Å². The first-order chi connectivity index (χ1) is 21.8. The van der Waals surface area contributed by atoms with Crippen LogP contribution in [0.4, 0.5) is 5.69 Å². The number of likely N-dealkylation sites (tertiary alicyclic amines) is 3. The predicted octanol–water partition coefficient (Wildman–Crippen LogP) is 4.28. The van der Waals surface area contributed by atoms with E-state index in [1.165, 1.54) is 17.5 Å². The highest BCUT2D eigenvalue weighted by molar-refractivity contribution is 6.33. The van der Waals surface area contributed by atoms with Crippen molar-refractivity contribution >= 4 is 29.1 Å². The molecule has 0 saturated carbocycles. The second kappa shape index (κ2) is 13.8. The monoisotopic (exact) mass is 633 g/mol. The number of amides is 2. The number of piperidine rings is 2. The third-order valence-corrected chi connectivity index (χ3v) is 10.2. The number of aromatic amines is 1. The highest BCUT2D eigenvalue weighted by Crippen LogP contribution is 2.29. The summed E-state index contributed by atoms with van der Waals surface area (Å²) in [5, 5.41) is 5.04. The van der Waals surface area contributed by atoms with E-state index < -0.39 is 5.92 Å². The van der Waals surface area contributed by atoms with Crippen molar-refractivity contribution < 1.29 is 9.59 Å². The number of carbonyl (C=O) groups is 2. The number of carbonyl (C=O) groups excluding carboxylic acids is 2. The van der Waals surface area contributed by atoms with Gasteiger partial charge in [0.2, 0.25) is 11.8 Å². The van der Waals surface area contributed by atoms with Crippen LogP contribution in [-0.4, -0.2) is 86.6 Å². The molecule has 3 aromatic rings. The number of nitrogens with one attached hydrogen (secondary N) is 1. The summed E-state index contributed by atoms with van der Waals surface area (Å²) in [6.45, 7) is 6.70. The molecule has 0 aliphatic carbocycles. The molecule has 3 saturated heterocycles. The molecule has 3 aliphatic rings. The molecule has 3 aliphatic heterocycles. The van der Waals surface area contributed by atoms with Crippen LogP contribution in [0.5, 0.6) is 0 Å². The van der Waals surface area contributed by atoms with Crippen LogP contribution in [0.1, 0.15) is 62.1 Å². The number of nitrogen functional groups attached to an aromatic ring is 1. The van der Waals surface area contributed by atoms with Crippen LogP contribution in [-0.2, 0) is 16.0 Å². The molecule has 1 aromatic heterocycles. The van der Waals surface area contributed by atoms with Gasteiger partial charge in [0.15, 0.2) is 5.82 Å². The van der Waals surface area contributed by atoms with E-state index in [2.05, 4.69) is 15.0 Å². The molecule has 45 heavy (non-hydrogen) atoms. The summed E-state index contributed by atoms with van der Waals surface area (Å²) in [4.78, 5) is 49.7. The van der Waals surface area contributed by atoms with Crippen molar-refractivity contribution in [3.63, 3.8) is 0 Å². The predicted molar refractivity (Wildman–Crippen MR) is 176 cm³/mol. The van der Waals surface area contributed by atoms with Crippen molar-refractivity contribution in [2.75, 3.05) is 45.0 Å². The van der Waals surface area contributed by atoms with Crippen LogP contribution in [0, 0.1) is 12.8 Å². The molecule has 1 atom stereocenters. The van der Waals surface area contributed by atoms with E-state index in [0.29, 0.717) is 54.9 Å². The summed E-state index contributed by atoms with van der Waals surface area (Å²) in [5.41, 5.74) is 9.03. The van der Waals surface area contributed by atoms with Gasteiger partial charge in [-0.2, -0.15) is 0 Å². The first kappa shape index (κ1) is 31.4. The van der Waals surface area contributed by atoms with Gasteiger partial charge in [0, 0.05) is 44.2 Å². The van der Waals surface area contributed by atoms with Crippen molar-refractivity contribution in [2.24, 2.45) is 5.92 Å². The van der Waals surface area contributed by atoms with Crippen LogP contribution < -0.4 is 11.4 Å². The molecule has 3 N–H and O–H groups in total. The van der Waals surface area contributed by atoms with Gasteiger partial charge in [0.25, 0.3) is 0 Å². The normalized spacial score (nSPS) is 19.2. The van der Waals surface area contributed by atoms with E-state index in [4.69, 9.17) is 17.3 Å². The molecule has 240 valence electrons. The molecule has 0 spiro atoms. The van der Waals surface area contributed by atoms with Gasteiger partial charge < -0.3 is 20.4 Å². The molecular formula is C34H44ClN7O3. The Bertz CT molecular complexity index is 1530. The number of benzene rings is 2. The summed E-state index contributed by atoms with van der Waals surface area (Å²) in [6.07, 6.45) is 6.29. The van der Waals surface area contributed by atoms with Crippen molar-refractivity contribution in [1.29, 1.82) is 0 Å². The Labute approximate surface area is 269 Å². The number of anilines is 1. The molecule has 0 unspecified atom stereocenters. The zero-order chi connectivity index (χ0) is 31.5. The van der Waals surface area contributed by atoms with Crippen LogP contribution in [0.25, 0.3) is 11.4 Å². The average molecular weight is 634 g/mol. The second-order valence-corrected chi connectivity index (χ2v) is 13.3. The number of rotatable bonds is 8. The van der Waals surface area contributed by atoms with Gasteiger partial charge in [-0.05, 0) is 82.2 Å². The Hall–Kier alpha value is -3.63. The van der Waals surface area contributed by atoms with Gasteiger partial charge in [0.1, 0.15) is 0 Å². The fraction of sp³-hybridized carbons (Fsp3) is 0.529. The van der Waals surface area contributed by atoms with Gasteiger partial charge >= 0.3 is 5.69 Å². The second-order valence-electron chi connectivity index (χ2n) is 12.9. The van der Waals surface area contributed by atoms with Crippen LogP contribution in [0.15, 0.2) is 47.3 Å². The molecule has 0 bridgehead atoms. The Morgan fingerprint density at radius 1 is 0.956 bits per heavy atom. The first-order valence-electron chi connectivity index (χ1n) is 16.4. The lowest BCUT2D eigenvalue weighted by molar-refractivity contribution is -0.143. The number of nitrogens with two attached hydrogens (primary N) is 1. The number of hydrogen-bond donors (Lipinski definition) is 2. The Balaban J connectivity index is 1.11. The van der Waals surface area contributed by atoms with Crippen molar-refractivity contribution in [1.82, 2.24) is 29.5 Å². The van der Waals surface area contributed by atoms with E-state index in [-0.39, 0.29) is 30.0 Å². The topological polar surface area (TPSA) is 121 Å². The molecule has 2 amide bonds. The largest absolute Gasteiger partial charge is 0.397 e. The smallest absolute Gasteiger partial charge is 0.343 e. The third-order valence-electron chi connectivity index (χ3n) is 9.93. The summed E-state index contributed by atoms with van der Waals surface area (Å²) in [6, 6.07) is 13.8. The highest BCUT2D eigenvalue weighted by atomic mass is 35.5. The number of aryl methyl sites for hydroxylation is 1. The summed E-state index contributed by atoms with van der Waals surface area (Å²) in [5.74, 6) is 0.0690. The fourth-order valence-corrected chi connectivity index (χ4v) is 7.59. The minimum atomic E-state index is -0.486. The molecule has 0 radical (unpaired) electrons. The zero-order valence-corrected chi connectivity index (χ0v) is 26.8. The van der Waals surface area contributed by atoms with Crippen molar-refractivity contribution in [2.45, 2.75) is 70.4 Å². The van der Waals surface area contributed by atoms with Gasteiger partial charge in [0.05, 0.1) is 22.7 Å². The zero-order valence-electron chi connectivity index (χ0n) is 26.1. The SMILES string of the molecule is Cc1cc(C[C@@H](CC(=O)N2CCC(n3nc(-c4ccccc4)[nH]c3=O)CC2)C(=O)N2CCC(N3CCCC3)CC2)cc(Cl)c1N. The minimum Gasteiger partial charge on any atom is -0.397 e. The number of H-pyrrole nitrogens is 1. The minimum absolute atomic E-state index is 0.0311. The lowest BCUT2D eigenvalue weighted by Crippen LogP contribution is -2.48. The van der Waals surface area contributed by atoms with Gasteiger partial charge in [-0.1, -0.05) is 48.0 Å². The lowest BCUT2D eigenvalue weighted by atomic mass is 9.91. The van der Waals surface area contributed by atoms with E-state index in [1.54, 1.807) is 0 Å². The maximum absolute atomic E-state index is 14.0. The van der Waals surface area contributed by atoms with Gasteiger partial charge in [-0.15, -0.1) is 5.10 Å². The number of hydrogen-bond acceptors (Lipinski definition) is 6. The molecule has 2 aromatic carbocycles. The van der Waals surface area contributed by atoms with E-state index in [1.807, 2.05) is 59.2 Å². The Morgan fingerprint density at radius 2 is 1.60 bits per heavy atom.